The van der Waals surface area contributed by atoms with E-state index in [9.17, 15) is 4.91 Å². The molecule has 0 N–H and O–H groups in total. The molecule has 0 spiro atoms. The largest absolute Gasteiger partial charge is 0.145 e. The van der Waals surface area contributed by atoms with Gasteiger partial charge in [-0.3, -0.25) is 0 Å². The third kappa shape index (κ3) is 2.17. The van der Waals surface area contributed by atoms with Gasteiger partial charge in [-0.05, 0) is 28.3 Å². The minimum absolute atomic E-state index is 0.00545. The van der Waals surface area contributed by atoms with E-state index in [4.69, 9.17) is 7.85 Å². The molecule has 2 nitrogen and oxygen atoms in total. The molecule has 2 radical (unpaired) electrons. The van der Waals surface area contributed by atoms with E-state index >= 15 is 0 Å². The standard InChI is InChI=1S/C10H12BNO/c1-10(2,3)8-5-4-7(12-13)6-9(8)11/h4-6H,1-3H3. The third-order valence-electron chi connectivity index (χ3n) is 1.95. The van der Waals surface area contributed by atoms with Crippen LogP contribution in [0.15, 0.2) is 23.4 Å². The van der Waals surface area contributed by atoms with E-state index in [0.717, 1.165) is 5.56 Å². The minimum Gasteiger partial charge on any atom is -0.145 e. The lowest BCUT2D eigenvalue weighted by Crippen LogP contribution is -2.22. The fourth-order valence-electron chi connectivity index (χ4n) is 1.29. The second kappa shape index (κ2) is 3.33. The van der Waals surface area contributed by atoms with Gasteiger partial charge in [-0.25, -0.2) is 0 Å². The molecule has 0 atom stereocenters. The Morgan fingerprint density at radius 1 is 1.31 bits per heavy atom. The molecule has 0 aliphatic rings. The van der Waals surface area contributed by atoms with Gasteiger partial charge in [0.2, 0.25) is 0 Å². The van der Waals surface area contributed by atoms with Crippen molar-refractivity contribution in [3.8, 4) is 0 Å². The van der Waals surface area contributed by atoms with Gasteiger partial charge in [0, 0.05) is 0 Å². The summed E-state index contributed by atoms with van der Waals surface area (Å²) in [5.74, 6) is 0. The molecule has 1 rings (SSSR count). The van der Waals surface area contributed by atoms with Crippen molar-refractivity contribution in [3.63, 3.8) is 0 Å². The van der Waals surface area contributed by atoms with Crippen LogP contribution in [0.2, 0.25) is 0 Å². The molecular weight excluding hydrogens is 161 g/mol. The van der Waals surface area contributed by atoms with Crippen LogP contribution in [0.5, 0.6) is 0 Å². The van der Waals surface area contributed by atoms with Crippen LogP contribution in [0, 0.1) is 4.91 Å². The number of nitroso groups, excluding NO2 is 1. The van der Waals surface area contributed by atoms with Crippen molar-refractivity contribution in [3.05, 3.63) is 28.7 Å². The highest BCUT2D eigenvalue weighted by Gasteiger charge is 2.15. The van der Waals surface area contributed by atoms with Crippen LogP contribution in [0.3, 0.4) is 0 Å². The quantitative estimate of drug-likeness (QED) is 0.472. The monoisotopic (exact) mass is 173 g/mol. The van der Waals surface area contributed by atoms with Crippen molar-refractivity contribution < 1.29 is 0 Å². The highest BCUT2D eigenvalue weighted by Crippen LogP contribution is 2.22. The van der Waals surface area contributed by atoms with E-state index in [1.54, 1.807) is 12.1 Å². The maximum absolute atomic E-state index is 10.2. The molecule has 13 heavy (non-hydrogen) atoms. The van der Waals surface area contributed by atoms with E-state index in [2.05, 4.69) is 25.9 Å². The summed E-state index contributed by atoms with van der Waals surface area (Å²) in [6.45, 7) is 6.23. The smallest absolute Gasteiger partial charge is 0.114 e. The normalized spacial score (nSPS) is 11.3. The number of rotatable bonds is 1. The van der Waals surface area contributed by atoms with E-state index in [1.165, 1.54) is 0 Å². The molecule has 0 unspecified atom stereocenters. The topological polar surface area (TPSA) is 29.4 Å². The molecule has 0 heterocycles. The first-order valence-corrected chi connectivity index (χ1v) is 4.18. The predicted molar refractivity (Wildman–Crippen MR) is 56.0 cm³/mol. The van der Waals surface area contributed by atoms with Crippen LogP contribution in [0.25, 0.3) is 0 Å². The van der Waals surface area contributed by atoms with Gasteiger partial charge in [0.15, 0.2) is 0 Å². The van der Waals surface area contributed by atoms with Crippen LogP contribution in [0.4, 0.5) is 5.69 Å². The summed E-state index contributed by atoms with van der Waals surface area (Å²) >= 11 is 0. The van der Waals surface area contributed by atoms with Gasteiger partial charge < -0.3 is 0 Å². The molecule has 0 aromatic heterocycles. The summed E-state index contributed by atoms with van der Waals surface area (Å²) in [5, 5.41) is 2.82. The van der Waals surface area contributed by atoms with E-state index in [0.29, 0.717) is 11.2 Å². The van der Waals surface area contributed by atoms with Crippen molar-refractivity contribution in [2.24, 2.45) is 5.18 Å². The van der Waals surface area contributed by atoms with Crippen molar-refractivity contribution in [2.75, 3.05) is 0 Å². The highest BCUT2D eigenvalue weighted by atomic mass is 16.3. The third-order valence-corrected chi connectivity index (χ3v) is 1.95. The van der Waals surface area contributed by atoms with Gasteiger partial charge in [-0.15, -0.1) is 4.91 Å². The van der Waals surface area contributed by atoms with Gasteiger partial charge >= 0.3 is 0 Å². The molecule has 0 aliphatic carbocycles. The Balaban J connectivity index is 3.20. The molecule has 1 aromatic rings. The molecule has 3 heteroatoms. The second-order valence-corrected chi connectivity index (χ2v) is 4.11. The fraction of sp³-hybridized carbons (Fsp3) is 0.400. The van der Waals surface area contributed by atoms with Crippen molar-refractivity contribution in [1.82, 2.24) is 0 Å². The Hall–Kier alpha value is -1.12. The number of hydrogen-bond donors (Lipinski definition) is 0. The van der Waals surface area contributed by atoms with E-state index in [1.807, 2.05) is 6.07 Å². The Bertz CT molecular complexity index is 328. The number of hydrogen-bond acceptors (Lipinski definition) is 2. The number of benzene rings is 1. The van der Waals surface area contributed by atoms with Gasteiger partial charge in [0.25, 0.3) is 0 Å². The molecule has 0 aliphatic heterocycles. The van der Waals surface area contributed by atoms with Crippen LogP contribution in [0.1, 0.15) is 26.3 Å². The highest BCUT2D eigenvalue weighted by molar-refractivity contribution is 6.33. The first kappa shape index (κ1) is 9.97. The summed E-state index contributed by atoms with van der Waals surface area (Å²) in [5.41, 5.74) is 2.06. The Labute approximate surface area is 79.7 Å². The van der Waals surface area contributed by atoms with E-state index < -0.39 is 0 Å². The predicted octanol–water partition coefficient (Wildman–Crippen LogP) is 2.18. The molecule has 1 aromatic carbocycles. The maximum atomic E-state index is 10.2. The minimum atomic E-state index is 0.00545. The summed E-state index contributed by atoms with van der Waals surface area (Å²) in [7, 11) is 5.78. The maximum Gasteiger partial charge on any atom is 0.114 e. The van der Waals surface area contributed by atoms with Crippen molar-refractivity contribution in [1.29, 1.82) is 0 Å². The van der Waals surface area contributed by atoms with Crippen LogP contribution >= 0.6 is 0 Å². The van der Waals surface area contributed by atoms with Gasteiger partial charge in [-0.2, -0.15) is 0 Å². The van der Waals surface area contributed by atoms with Crippen LogP contribution in [-0.4, -0.2) is 7.85 Å². The summed E-state index contributed by atoms with van der Waals surface area (Å²) in [6.07, 6.45) is 0. The van der Waals surface area contributed by atoms with Gasteiger partial charge in [0.1, 0.15) is 13.5 Å². The zero-order valence-corrected chi connectivity index (χ0v) is 8.16. The van der Waals surface area contributed by atoms with Crippen LogP contribution < -0.4 is 5.46 Å². The molecule has 0 saturated carbocycles. The summed E-state index contributed by atoms with van der Waals surface area (Å²) < 4.78 is 0. The lowest BCUT2D eigenvalue weighted by Gasteiger charge is -2.21. The lowest BCUT2D eigenvalue weighted by molar-refractivity contribution is 0.594. The first-order chi connectivity index (χ1) is 5.95. The zero-order valence-electron chi connectivity index (χ0n) is 8.16. The molecular formula is C10H12BNO. The number of nitrogens with zero attached hydrogens (tertiary/aromatic N) is 1. The molecule has 0 amide bonds. The molecule has 0 saturated heterocycles. The zero-order chi connectivity index (χ0) is 10.1. The Kier molecular flexibility index (Phi) is 2.55. The average Bonchev–Trinajstić information content (AvgIpc) is 2.01. The van der Waals surface area contributed by atoms with Crippen molar-refractivity contribution >= 4 is 19.0 Å². The van der Waals surface area contributed by atoms with Crippen molar-refractivity contribution in [2.45, 2.75) is 26.2 Å². The summed E-state index contributed by atoms with van der Waals surface area (Å²) in [6, 6.07) is 5.14. The SMILES string of the molecule is [B]c1cc(N=O)ccc1C(C)(C)C. The Morgan fingerprint density at radius 3 is 2.31 bits per heavy atom. The average molecular weight is 173 g/mol. The van der Waals surface area contributed by atoms with Gasteiger partial charge in [-0.1, -0.05) is 32.3 Å². The van der Waals surface area contributed by atoms with Crippen LogP contribution in [-0.2, 0) is 5.41 Å². The molecule has 66 valence electrons. The fourth-order valence-corrected chi connectivity index (χ4v) is 1.29. The van der Waals surface area contributed by atoms with Gasteiger partial charge in [0.05, 0.1) is 0 Å². The summed E-state index contributed by atoms with van der Waals surface area (Å²) in [4.78, 5) is 10.2. The van der Waals surface area contributed by atoms with E-state index in [-0.39, 0.29) is 5.41 Å². The molecule has 0 fully saturated rings. The molecule has 0 bridgehead atoms. The second-order valence-electron chi connectivity index (χ2n) is 4.11. The lowest BCUT2D eigenvalue weighted by atomic mass is 9.77. The first-order valence-electron chi connectivity index (χ1n) is 4.18. The Morgan fingerprint density at radius 2 is 1.92 bits per heavy atom.